The van der Waals surface area contributed by atoms with Crippen molar-refractivity contribution in [2.45, 2.75) is 0 Å². The van der Waals surface area contributed by atoms with Gasteiger partial charge in [0.2, 0.25) is 0 Å². The second kappa shape index (κ2) is 10.3. The zero-order valence-electron chi connectivity index (χ0n) is 27.9. The topological polar surface area (TPSA) is 46.0 Å². The third-order valence-corrected chi connectivity index (χ3v) is 11.1. The summed E-state index contributed by atoms with van der Waals surface area (Å²) >= 11 is 0. The Kier molecular flexibility index (Phi) is 5.47. The Labute approximate surface area is 297 Å². The van der Waals surface area contributed by atoms with Gasteiger partial charge in [-0.15, -0.1) is 0 Å². The number of aromatic amines is 1. The molecule has 0 aliphatic heterocycles. The predicted octanol–water partition coefficient (Wildman–Crippen LogP) is 12.6. The van der Waals surface area contributed by atoms with Gasteiger partial charge in [-0.25, -0.2) is 9.97 Å². The minimum atomic E-state index is 0.868. The smallest absolute Gasteiger partial charge is 0.139 e. The Balaban J connectivity index is 1.43. The lowest BCUT2D eigenvalue weighted by atomic mass is 9.95. The summed E-state index contributed by atoms with van der Waals surface area (Å²) in [5.74, 6) is 0. The Bertz CT molecular complexity index is 3450. The van der Waals surface area contributed by atoms with Crippen molar-refractivity contribution >= 4 is 92.7 Å². The molecule has 7 aromatic carbocycles. The van der Waals surface area contributed by atoms with Gasteiger partial charge in [-0.1, -0.05) is 140 Å². The molecular weight excluding hydrogens is 633 g/mol. The number of fused-ring (bicyclic) bond motifs is 10. The van der Waals surface area contributed by atoms with Crippen LogP contribution in [0.4, 0.5) is 0 Å². The normalized spacial score (nSPS) is 12.2. The molecule has 0 fully saturated rings. The van der Waals surface area contributed by atoms with E-state index in [1.54, 1.807) is 0 Å². The van der Waals surface area contributed by atoms with Crippen molar-refractivity contribution in [1.29, 1.82) is 0 Å². The van der Waals surface area contributed by atoms with Crippen LogP contribution in [-0.2, 0) is 0 Å². The van der Waals surface area contributed by atoms with Crippen LogP contribution in [0, 0.1) is 0 Å². The zero-order valence-corrected chi connectivity index (χ0v) is 27.9. The van der Waals surface area contributed by atoms with Crippen LogP contribution in [0.5, 0.6) is 0 Å². The molecule has 0 unspecified atom stereocenters. The van der Waals surface area contributed by atoms with Crippen LogP contribution in [0.25, 0.3) is 115 Å². The van der Waals surface area contributed by atoms with Crippen LogP contribution in [0.3, 0.4) is 0 Å². The lowest BCUT2D eigenvalue weighted by Crippen LogP contribution is -1.95. The summed E-state index contributed by atoms with van der Waals surface area (Å²) in [6.07, 6.45) is 0. The molecule has 4 heteroatoms. The first kappa shape index (κ1) is 27.7. The summed E-state index contributed by atoms with van der Waals surface area (Å²) < 4.78 is 2.35. The molecule has 12 aromatic rings. The second-order valence-electron chi connectivity index (χ2n) is 13.8. The van der Waals surface area contributed by atoms with Crippen molar-refractivity contribution < 1.29 is 0 Å². The first-order chi connectivity index (χ1) is 25.8. The third-order valence-electron chi connectivity index (χ3n) is 11.1. The Morgan fingerprint density at radius 1 is 0.385 bits per heavy atom. The molecule has 4 nitrogen and oxygen atoms in total. The van der Waals surface area contributed by atoms with E-state index in [4.69, 9.17) is 9.97 Å². The fraction of sp³-hybridized carbons (Fsp3) is 0. The molecule has 0 saturated heterocycles. The van der Waals surface area contributed by atoms with E-state index in [1.165, 1.54) is 26.9 Å². The van der Waals surface area contributed by atoms with E-state index in [2.05, 4.69) is 173 Å². The standard InChI is InChI=1S/C48H28N4/c1-3-11-28(12-4-1)39-26-41-38-19-10-18-35-34-17-9-16-31(45(34)51-46(35)38)30-21-22-33-32-15-7-8-20-42(32)52(43(33)25-30)44-27-40(29-13-5-2-6-14-29)37-24-23-36(39)47(49-41)48(37)50-44/h1-27,51H. The molecule has 240 valence electrons. The Morgan fingerprint density at radius 3 is 1.69 bits per heavy atom. The number of hydrogen-bond donors (Lipinski definition) is 1. The molecule has 0 aliphatic rings. The van der Waals surface area contributed by atoms with Crippen LogP contribution < -0.4 is 0 Å². The van der Waals surface area contributed by atoms with Crippen molar-refractivity contribution in [3.63, 3.8) is 0 Å². The maximum absolute atomic E-state index is 5.63. The highest BCUT2D eigenvalue weighted by molar-refractivity contribution is 6.23. The third kappa shape index (κ3) is 3.75. The van der Waals surface area contributed by atoms with Crippen LogP contribution >= 0.6 is 0 Å². The number of rotatable bonds is 2. The number of pyridine rings is 2. The SMILES string of the molecule is c1ccc(-c2cc3nc4c2ccc2c(-c5ccccc5)cc(nc24)n2c4ccccc4c4ccc(cc42)c2cccc4c5cccc3c5[nH]c24)cc1. The highest BCUT2D eigenvalue weighted by Crippen LogP contribution is 2.40. The molecular formula is C48H28N4. The molecule has 0 amide bonds. The molecule has 0 atom stereocenters. The molecule has 0 aliphatic carbocycles. The van der Waals surface area contributed by atoms with Crippen LogP contribution in [0.15, 0.2) is 164 Å². The van der Waals surface area contributed by atoms with Gasteiger partial charge in [0, 0.05) is 43.1 Å². The van der Waals surface area contributed by atoms with Gasteiger partial charge >= 0.3 is 0 Å². The average Bonchev–Trinajstić information content (AvgIpc) is 3.76. The van der Waals surface area contributed by atoms with E-state index in [-0.39, 0.29) is 0 Å². The predicted molar refractivity (Wildman–Crippen MR) is 218 cm³/mol. The van der Waals surface area contributed by atoms with E-state index >= 15 is 0 Å². The Morgan fingerprint density at radius 2 is 0.942 bits per heavy atom. The summed E-state index contributed by atoms with van der Waals surface area (Å²) in [6.45, 7) is 0. The molecule has 1 N–H and O–H groups in total. The van der Waals surface area contributed by atoms with Gasteiger partial charge < -0.3 is 4.98 Å². The van der Waals surface area contributed by atoms with Crippen molar-refractivity contribution in [2.75, 3.05) is 0 Å². The number of H-pyrrole nitrogens is 1. The summed E-state index contributed by atoms with van der Waals surface area (Å²) in [5.41, 5.74) is 12.5. The fourth-order valence-corrected chi connectivity index (χ4v) is 8.71. The average molecular weight is 661 g/mol. The molecule has 0 spiro atoms. The van der Waals surface area contributed by atoms with Gasteiger partial charge in [0.05, 0.1) is 38.6 Å². The van der Waals surface area contributed by atoms with Crippen LogP contribution in [0.1, 0.15) is 0 Å². The maximum atomic E-state index is 5.63. The number of hydrogen-bond acceptors (Lipinski definition) is 2. The first-order valence-corrected chi connectivity index (χ1v) is 17.8. The van der Waals surface area contributed by atoms with E-state index < -0.39 is 0 Å². The molecule has 0 saturated carbocycles. The number of nitrogens with one attached hydrogen (secondary N) is 1. The highest BCUT2D eigenvalue weighted by atomic mass is 15.0. The van der Waals surface area contributed by atoms with Gasteiger partial charge in [0.1, 0.15) is 5.65 Å². The number of aromatic nitrogens is 4. The zero-order chi connectivity index (χ0) is 33.9. The van der Waals surface area contributed by atoms with Gasteiger partial charge in [-0.2, -0.15) is 0 Å². The fourth-order valence-electron chi connectivity index (χ4n) is 8.71. The van der Waals surface area contributed by atoms with Crippen molar-refractivity contribution in [3.05, 3.63) is 164 Å². The highest BCUT2D eigenvalue weighted by Gasteiger charge is 2.18. The minimum Gasteiger partial charge on any atom is -0.353 e. The van der Waals surface area contributed by atoms with Gasteiger partial charge in [-0.3, -0.25) is 4.40 Å². The largest absolute Gasteiger partial charge is 0.353 e. The monoisotopic (exact) mass is 660 g/mol. The summed E-state index contributed by atoms with van der Waals surface area (Å²) in [4.78, 5) is 15.1. The number of para-hydroxylation sites is 3. The molecule has 5 aromatic heterocycles. The van der Waals surface area contributed by atoms with Crippen molar-refractivity contribution in [3.8, 4) is 22.3 Å². The number of benzene rings is 7. The van der Waals surface area contributed by atoms with E-state index in [1.807, 2.05) is 0 Å². The molecule has 12 rings (SSSR count). The molecule has 0 radical (unpaired) electrons. The Hall–Kier alpha value is -7.04. The van der Waals surface area contributed by atoms with Gasteiger partial charge in [-0.05, 0) is 51.9 Å². The van der Waals surface area contributed by atoms with Gasteiger partial charge in [0.15, 0.2) is 0 Å². The number of nitrogens with zero attached hydrogens (tertiary/aromatic N) is 3. The van der Waals surface area contributed by atoms with Crippen molar-refractivity contribution in [2.24, 2.45) is 0 Å². The van der Waals surface area contributed by atoms with E-state index in [9.17, 15) is 0 Å². The summed E-state index contributed by atoms with van der Waals surface area (Å²) in [6, 6.07) is 59.1. The quantitative estimate of drug-likeness (QED) is 0.188. The molecule has 52 heavy (non-hydrogen) atoms. The molecule has 8 bridgehead atoms. The first-order valence-electron chi connectivity index (χ1n) is 17.8. The van der Waals surface area contributed by atoms with E-state index in [0.29, 0.717) is 0 Å². The lowest BCUT2D eigenvalue weighted by Gasteiger charge is -2.13. The lowest BCUT2D eigenvalue weighted by molar-refractivity contribution is 1.26. The van der Waals surface area contributed by atoms with Gasteiger partial charge in [0.25, 0.3) is 0 Å². The van der Waals surface area contributed by atoms with E-state index in [0.717, 1.165) is 88.1 Å². The second-order valence-corrected chi connectivity index (χ2v) is 13.8. The summed E-state index contributed by atoms with van der Waals surface area (Å²) in [7, 11) is 0. The minimum absolute atomic E-state index is 0.868. The molecule has 5 heterocycles. The van der Waals surface area contributed by atoms with Crippen LogP contribution in [0.2, 0.25) is 0 Å². The summed E-state index contributed by atoms with van der Waals surface area (Å²) in [5, 5.41) is 10.3. The maximum Gasteiger partial charge on any atom is 0.139 e. The van der Waals surface area contributed by atoms with Crippen LogP contribution in [-0.4, -0.2) is 19.4 Å². The van der Waals surface area contributed by atoms with Crippen molar-refractivity contribution in [1.82, 2.24) is 19.4 Å².